The zero-order chi connectivity index (χ0) is 60.7. The van der Waals surface area contributed by atoms with Crippen LogP contribution < -0.4 is 21.3 Å². The van der Waals surface area contributed by atoms with Gasteiger partial charge in [-0.15, -0.1) is 10.2 Å². The molecule has 4 aliphatic heterocycles. The van der Waals surface area contributed by atoms with Gasteiger partial charge < -0.3 is 36.2 Å². The van der Waals surface area contributed by atoms with E-state index in [0.717, 1.165) is 81.0 Å². The van der Waals surface area contributed by atoms with Gasteiger partial charge in [0.25, 0.3) is 0 Å². The SMILES string of the molecule is CCC(CC)C(=O)N[C@@H]1C(=O)N2[C@@H](CC[C@@H]1CC)CC[C@H]2C(=O)C[C@@H](c1ccccc1)c1cn(CCCCc2ccc(CCCCn3cc([C@@H](NC(=O)[C@@H]4CC[C@@H]5CC[C@H](CO)[C@H](NC(=O)[C@H](CC)NC)C(=O)N54)c4ccccc4)nn3)cc2)nn1. The quantitative estimate of drug-likeness (QED) is 0.0292. The number of aryl methyl sites for hydroxylation is 4. The van der Waals surface area contributed by atoms with Gasteiger partial charge >= 0.3 is 0 Å². The summed E-state index contributed by atoms with van der Waals surface area (Å²) in [7, 11) is 1.70. The number of rotatable bonds is 29. The number of nitrogens with zero attached hydrogens (tertiary/aromatic N) is 8. The first-order chi connectivity index (χ1) is 41.9. The summed E-state index contributed by atoms with van der Waals surface area (Å²) in [5.74, 6) is -1.94. The van der Waals surface area contributed by atoms with Crippen molar-refractivity contribution in [3.05, 3.63) is 131 Å². The van der Waals surface area contributed by atoms with Crippen molar-refractivity contribution in [3.8, 4) is 0 Å². The molecule has 462 valence electrons. The molecule has 0 bridgehead atoms. The number of likely N-dealkylation sites (N-methyl/N-ethyl adjacent to an activating group) is 1. The Balaban J connectivity index is 0.740. The first kappa shape index (κ1) is 63.4. The van der Waals surface area contributed by atoms with E-state index in [0.29, 0.717) is 70.2 Å². The number of carbonyl (C=O) groups excluding carboxylic acids is 6. The summed E-state index contributed by atoms with van der Waals surface area (Å²) in [6.07, 6.45) is 17.8. The Morgan fingerprint density at radius 1 is 0.593 bits per heavy atom. The van der Waals surface area contributed by atoms with E-state index in [9.17, 15) is 33.9 Å². The second-order valence-corrected chi connectivity index (χ2v) is 24.5. The summed E-state index contributed by atoms with van der Waals surface area (Å²) in [4.78, 5) is 87.7. The van der Waals surface area contributed by atoms with Crippen LogP contribution in [0.3, 0.4) is 0 Å². The first-order valence-corrected chi connectivity index (χ1v) is 32.2. The number of carbonyl (C=O) groups is 6. The monoisotopic (exact) mass is 1180 g/mol. The lowest BCUT2D eigenvalue weighted by Crippen LogP contribution is -2.58. The topological polar surface area (TPSA) is 239 Å². The first-order valence-electron chi connectivity index (χ1n) is 32.2. The highest BCUT2D eigenvalue weighted by molar-refractivity contribution is 5.95. The predicted molar refractivity (Wildman–Crippen MR) is 328 cm³/mol. The van der Waals surface area contributed by atoms with E-state index in [1.165, 1.54) is 11.1 Å². The third kappa shape index (κ3) is 15.2. The van der Waals surface area contributed by atoms with Gasteiger partial charge in [0, 0.05) is 62.2 Å². The molecular weight excluding hydrogens is 1080 g/mol. The third-order valence-corrected chi connectivity index (χ3v) is 19.2. The molecule has 6 heterocycles. The molecule has 4 aliphatic rings. The van der Waals surface area contributed by atoms with Gasteiger partial charge in [0.1, 0.15) is 23.8 Å². The standard InChI is InChI=1S/C67H92N12O7/c1-6-46(7-2)63(82)70-61-47(8-3)30-32-51-34-36-57(78(51)66(61)85)59(81)40-53(48-22-12-10-13-23-48)55-41-76(74-72-55)38-18-16-20-44-26-28-45(29-27-44)21-17-19-39-77-42-56(73-75-77)60(49-24-14-11-15-25-49)69-65(84)58-37-35-52-33-31-50(43-80)62(67(86)79(52)58)71-64(83)54(9-4)68-5/h10-15,22-29,41-42,46-47,50-54,57-58,60-62,68,80H,6-9,16-21,30-40,43H2,1-5H3,(H,69,84)(H,70,82)(H,71,83)/t47-,50+,51-,52-,53-,54-,57-,58-,60-,61-,62-/m0/s1. The lowest BCUT2D eigenvalue weighted by Gasteiger charge is -2.33. The Kier molecular flexibility index (Phi) is 22.5. The van der Waals surface area contributed by atoms with Crippen molar-refractivity contribution in [1.82, 2.24) is 61.1 Å². The van der Waals surface area contributed by atoms with Gasteiger partial charge in [-0.2, -0.15) is 0 Å². The molecule has 4 saturated heterocycles. The summed E-state index contributed by atoms with van der Waals surface area (Å²) < 4.78 is 3.71. The second kappa shape index (κ2) is 30.5. The number of aliphatic hydroxyl groups is 1. The highest BCUT2D eigenvalue weighted by atomic mass is 16.3. The van der Waals surface area contributed by atoms with E-state index in [-0.39, 0.29) is 78.2 Å². The molecule has 5 aromatic rings. The molecule has 11 atom stereocenters. The van der Waals surface area contributed by atoms with Gasteiger partial charge in [-0.3, -0.25) is 38.1 Å². The smallest absolute Gasteiger partial charge is 0.246 e. The maximum absolute atomic E-state index is 14.5. The minimum Gasteiger partial charge on any atom is -0.396 e. The number of aliphatic hydroxyl groups excluding tert-OH is 1. The van der Waals surface area contributed by atoms with Crippen LogP contribution in [0.5, 0.6) is 0 Å². The molecular formula is C67H92N12O7. The summed E-state index contributed by atoms with van der Waals surface area (Å²) in [6, 6.07) is 24.4. The molecule has 0 aliphatic carbocycles. The largest absolute Gasteiger partial charge is 0.396 e. The lowest BCUT2D eigenvalue weighted by molar-refractivity contribution is -0.144. The van der Waals surface area contributed by atoms with E-state index in [1.54, 1.807) is 11.9 Å². The van der Waals surface area contributed by atoms with Gasteiger partial charge in [-0.05, 0) is 144 Å². The molecule has 0 radical (unpaired) electrons. The fraction of sp³-hybridized carbons (Fsp3) is 0.582. The maximum atomic E-state index is 14.5. The Bertz CT molecular complexity index is 2820. The molecule has 0 saturated carbocycles. The molecule has 86 heavy (non-hydrogen) atoms. The van der Waals surface area contributed by atoms with Crippen molar-refractivity contribution >= 4 is 35.3 Å². The van der Waals surface area contributed by atoms with Crippen LogP contribution in [0.4, 0.5) is 0 Å². The highest BCUT2D eigenvalue weighted by Gasteiger charge is 2.49. The average molecular weight is 1180 g/mol. The Labute approximate surface area is 507 Å². The predicted octanol–water partition coefficient (Wildman–Crippen LogP) is 7.56. The lowest BCUT2D eigenvalue weighted by atomic mass is 9.88. The van der Waals surface area contributed by atoms with E-state index in [1.807, 2.05) is 108 Å². The molecule has 5 N–H and O–H groups in total. The fourth-order valence-corrected chi connectivity index (χ4v) is 14.0. The van der Waals surface area contributed by atoms with Crippen LogP contribution in [0.1, 0.15) is 182 Å². The van der Waals surface area contributed by atoms with Crippen LogP contribution in [0.15, 0.2) is 97.3 Å². The number of nitrogens with one attached hydrogen (secondary N) is 4. The van der Waals surface area contributed by atoms with Crippen molar-refractivity contribution in [1.29, 1.82) is 0 Å². The summed E-state index contributed by atoms with van der Waals surface area (Å²) >= 11 is 0. The van der Waals surface area contributed by atoms with E-state index in [2.05, 4.69) is 73.1 Å². The second-order valence-electron chi connectivity index (χ2n) is 24.5. The van der Waals surface area contributed by atoms with Gasteiger partial charge in [0.05, 0.1) is 30.0 Å². The maximum Gasteiger partial charge on any atom is 0.246 e. The molecule has 4 fully saturated rings. The van der Waals surface area contributed by atoms with Crippen molar-refractivity contribution in [2.75, 3.05) is 13.7 Å². The highest BCUT2D eigenvalue weighted by Crippen LogP contribution is 2.39. The number of amides is 5. The van der Waals surface area contributed by atoms with Crippen LogP contribution in [-0.2, 0) is 54.7 Å². The summed E-state index contributed by atoms with van der Waals surface area (Å²) in [5.41, 5.74) is 5.70. The number of ketones is 1. The van der Waals surface area contributed by atoms with Crippen molar-refractivity contribution < 1.29 is 33.9 Å². The number of Topliss-reactive ketones (excluding diaryl/α,β-unsaturated/α-hetero) is 1. The van der Waals surface area contributed by atoms with Gasteiger partial charge in [0.15, 0.2) is 5.78 Å². The minimum absolute atomic E-state index is 0.00520. The number of fused-ring (bicyclic) bond motifs is 2. The van der Waals surface area contributed by atoms with Gasteiger partial charge in [-0.1, -0.05) is 129 Å². The van der Waals surface area contributed by atoms with Crippen LogP contribution in [0.2, 0.25) is 0 Å². The summed E-state index contributed by atoms with van der Waals surface area (Å²) in [5, 5.41) is 40.8. The number of aromatic nitrogens is 6. The average Bonchev–Trinajstić information content (AvgIpc) is 2.06. The van der Waals surface area contributed by atoms with Crippen LogP contribution in [0.25, 0.3) is 0 Å². The molecule has 3 aromatic carbocycles. The van der Waals surface area contributed by atoms with Crippen LogP contribution >= 0.6 is 0 Å². The molecule has 5 amide bonds. The van der Waals surface area contributed by atoms with E-state index in [4.69, 9.17) is 0 Å². The zero-order valence-electron chi connectivity index (χ0n) is 51.2. The van der Waals surface area contributed by atoms with Crippen LogP contribution in [0, 0.1) is 17.8 Å². The normalized spacial score (nSPS) is 23.2. The molecule has 0 unspecified atom stereocenters. The number of benzene rings is 3. The fourth-order valence-electron chi connectivity index (χ4n) is 14.0. The number of unbranched alkanes of at least 4 members (excludes halogenated alkanes) is 2. The number of hydrogen-bond acceptors (Lipinski definition) is 12. The van der Waals surface area contributed by atoms with Gasteiger partial charge in [0.2, 0.25) is 29.5 Å². The molecule has 19 heteroatoms. The minimum atomic E-state index is -0.934. The Morgan fingerprint density at radius 2 is 1.10 bits per heavy atom. The van der Waals surface area contributed by atoms with Crippen molar-refractivity contribution in [3.63, 3.8) is 0 Å². The molecule has 9 rings (SSSR count). The van der Waals surface area contributed by atoms with E-state index < -0.39 is 42.2 Å². The van der Waals surface area contributed by atoms with Crippen molar-refractivity contribution in [2.24, 2.45) is 17.8 Å². The Morgan fingerprint density at radius 3 is 1.66 bits per heavy atom. The zero-order valence-corrected chi connectivity index (χ0v) is 51.2. The Hall–Kier alpha value is -7.12. The molecule has 0 spiro atoms. The van der Waals surface area contributed by atoms with Gasteiger partial charge in [-0.25, -0.2) is 0 Å². The van der Waals surface area contributed by atoms with E-state index >= 15 is 0 Å². The molecule has 2 aromatic heterocycles. The third-order valence-electron chi connectivity index (χ3n) is 19.2. The van der Waals surface area contributed by atoms with Crippen LogP contribution in [-0.4, -0.2) is 136 Å². The number of hydrogen-bond donors (Lipinski definition) is 5. The summed E-state index contributed by atoms with van der Waals surface area (Å²) in [6.45, 7) is 9.09. The molecule has 19 nitrogen and oxygen atoms in total. The van der Waals surface area contributed by atoms with Crippen molar-refractivity contribution in [2.45, 2.75) is 217 Å².